The zero-order valence-corrected chi connectivity index (χ0v) is 41.4. The van der Waals surface area contributed by atoms with Gasteiger partial charge in [0.05, 0.1) is 36.9 Å². The van der Waals surface area contributed by atoms with Gasteiger partial charge in [0.1, 0.15) is 67.1 Å². The van der Waals surface area contributed by atoms with Gasteiger partial charge in [0.15, 0.2) is 25.0 Å². The number of aliphatic hydroxyl groups is 10. The first-order chi connectivity index (χ1) is 33.1. The van der Waals surface area contributed by atoms with E-state index in [2.05, 4.69) is 13.8 Å². The van der Waals surface area contributed by atoms with Crippen LogP contribution >= 0.6 is 0 Å². The van der Waals surface area contributed by atoms with Crippen LogP contribution in [0.15, 0.2) is 11.6 Å². The number of rotatable bonds is 11. The van der Waals surface area contributed by atoms with Crippen LogP contribution in [0.2, 0.25) is 0 Å². The van der Waals surface area contributed by atoms with Crippen molar-refractivity contribution in [1.82, 2.24) is 0 Å². The van der Waals surface area contributed by atoms with E-state index in [9.17, 15) is 75.7 Å². The molecule has 3 heterocycles. The van der Waals surface area contributed by atoms with Gasteiger partial charge in [-0.15, -0.1) is 0 Å². The number of esters is 1. The van der Waals surface area contributed by atoms with Crippen LogP contribution in [0.1, 0.15) is 99.8 Å². The average Bonchev–Trinajstić information content (AvgIpc) is 3.29. The summed E-state index contributed by atoms with van der Waals surface area (Å²) in [5.74, 6) is -4.64. The summed E-state index contributed by atoms with van der Waals surface area (Å²) in [5, 5.41) is 131. The Hall–Kier alpha value is -2.49. The van der Waals surface area contributed by atoms with Gasteiger partial charge in [0, 0.05) is 24.2 Å². The zero-order chi connectivity index (χ0) is 52.3. The van der Waals surface area contributed by atoms with Crippen molar-refractivity contribution in [3.8, 4) is 0 Å². The van der Waals surface area contributed by atoms with E-state index < -0.39 is 174 Å². The maximum absolute atomic E-state index is 13.5. The molecule has 0 bridgehead atoms. The monoisotopic (exact) mass is 1020 g/mol. The Labute approximate surface area is 411 Å². The minimum absolute atomic E-state index is 0.0106. The normalized spacial score (nSPS) is 52.7. The van der Waals surface area contributed by atoms with Gasteiger partial charge in [0.2, 0.25) is 0 Å². The molecule has 7 fully saturated rings. The Kier molecular flexibility index (Phi) is 14.9. The number of carboxylic acids is 2. The lowest BCUT2D eigenvalue weighted by molar-refractivity contribution is -0.392. The van der Waals surface area contributed by atoms with E-state index in [1.165, 1.54) is 6.92 Å². The van der Waals surface area contributed by atoms with E-state index >= 15 is 0 Å². The molecule has 404 valence electrons. The van der Waals surface area contributed by atoms with Crippen LogP contribution in [0.25, 0.3) is 0 Å². The van der Waals surface area contributed by atoms with E-state index in [0.29, 0.717) is 37.7 Å². The van der Waals surface area contributed by atoms with Gasteiger partial charge in [-0.25, -0.2) is 4.79 Å². The van der Waals surface area contributed by atoms with Crippen molar-refractivity contribution in [2.75, 3.05) is 19.8 Å². The second kappa shape index (κ2) is 19.3. The van der Waals surface area contributed by atoms with Crippen molar-refractivity contribution < 1.29 is 109 Å². The smallest absolute Gasteiger partial charge is 0.335 e. The highest BCUT2D eigenvalue weighted by Gasteiger charge is 2.74. The number of carboxylic acid groups (broad SMARTS) is 2. The van der Waals surface area contributed by atoms with Gasteiger partial charge in [-0.1, -0.05) is 47.6 Å². The van der Waals surface area contributed by atoms with Gasteiger partial charge in [0.25, 0.3) is 0 Å². The maximum atomic E-state index is 13.5. The molecule has 71 heavy (non-hydrogen) atoms. The predicted octanol–water partition coefficient (Wildman–Crippen LogP) is -1.08. The summed E-state index contributed by atoms with van der Waals surface area (Å²) in [6, 6.07) is 0. The van der Waals surface area contributed by atoms with Gasteiger partial charge >= 0.3 is 17.9 Å². The van der Waals surface area contributed by atoms with Crippen molar-refractivity contribution in [3.05, 3.63) is 11.6 Å². The van der Waals surface area contributed by atoms with Crippen LogP contribution in [0.3, 0.4) is 0 Å². The number of carbonyl (C=O) groups excluding carboxylic acids is 1. The predicted molar refractivity (Wildman–Crippen MR) is 239 cm³/mol. The molecule has 25 atom stereocenters. The molecule has 8 rings (SSSR count). The molecule has 0 aromatic rings. The number of hydrogen-bond donors (Lipinski definition) is 12. The van der Waals surface area contributed by atoms with Gasteiger partial charge in [-0.2, -0.15) is 0 Å². The molecule has 1 unspecified atom stereocenters. The minimum Gasteiger partial charge on any atom is -0.481 e. The molecule has 0 aromatic heterocycles. The molecule has 12 N–H and O–H groups in total. The number of ether oxygens (including phenoxy) is 7. The molecule has 22 heteroatoms. The molecule has 0 radical (unpaired) electrons. The molecule has 5 aliphatic carbocycles. The molecule has 8 aliphatic rings. The van der Waals surface area contributed by atoms with E-state index in [0.717, 1.165) is 0 Å². The summed E-state index contributed by atoms with van der Waals surface area (Å²) in [5.41, 5.74) is -5.07. The van der Waals surface area contributed by atoms with Crippen molar-refractivity contribution in [1.29, 1.82) is 0 Å². The first kappa shape index (κ1) is 54.8. The van der Waals surface area contributed by atoms with Crippen LogP contribution in [-0.4, -0.2) is 203 Å². The van der Waals surface area contributed by atoms with Crippen LogP contribution in [-0.2, 0) is 47.5 Å². The van der Waals surface area contributed by atoms with Gasteiger partial charge in [-0.05, 0) is 85.0 Å². The Morgan fingerprint density at radius 1 is 0.732 bits per heavy atom. The summed E-state index contributed by atoms with van der Waals surface area (Å²) in [6.07, 6.45) is -22.2. The Morgan fingerprint density at radius 2 is 1.37 bits per heavy atom. The molecule has 0 aromatic carbocycles. The fraction of sp³-hybridized carbons (Fsp3) is 0.898. The third-order valence-electron chi connectivity index (χ3n) is 19.3. The van der Waals surface area contributed by atoms with E-state index in [4.69, 9.17) is 33.2 Å². The topological polar surface area (TPSA) is 359 Å². The standard InChI is InChI=1S/C49H76O22/c1-20-14-48(43(62)63)16-29(66-21(2)52)45(5,19-51)15-23(48)22-8-9-27-46(6)12-11-28(44(3,4)26(46)10-13-47(27,7)49(20,22)64)68-42-38(34(58)33(57)36(69-42)39(60)61)71-41-37(32(56)31(55)25(17-50)67-41)70-40-35(59)30(54)24(53)18-65-40/h8,20,23-38,40-42,50-51,53-59,64H,9-19H2,1-7H3,(H,60,61)(H,62,63)/t20-,23-,24+,25+,26-,27+,28?,29-,30-,31+,32-,33-,34-,35+,36-,37+,38+,40-,41-,42+,45-,46-,47+,48+,49+/m0/s1. The minimum atomic E-state index is -2.09. The first-order valence-electron chi connectivity index (χ1n) is 25.0. The Bertz CT molecular complexity index is 2040. The lowest BCUT2D eigenvalue weighted by Crippen LogP contribution is -2.71. The lowest BCUT2D eigenvalue weighted by atomic mass is 9.34. The van der Waals surface area contributed by atoms with Crippen LogP contribution in [0, 0.1) is 50.7 Å². The van der Waals surface area contributed by atoms with Crippen molar-refractivity contribution in [2.24, 2.45) is 50.7 Å². The highest BCUT2D eigenvalue weighted by atomic mass is 16.8. The summed E-state index contributed by atoms with van der Waals surface area (Å²) < 4.78 is 41.5. The molecule has 4 saturated carbocycles. The number of aliphatic carboxylic acids is 2. The largest absolute Gasteiger partial charge is 0.481 e. The van der Waals surface area contributed by atoms with Crippen molar-refractivity contribution in [3.63, 3.8) is 0 Å². The number of hydrogen-bond acceptors (Lipinski definition) is 20. The average molecular weight is 1020 g/mol. The third kappa shape index (κ3) is 8.51. The summed E-state index contributed by atoms with van der Waals surface area (Å²) >= 11 is 0. The van der Waals surface area contributed by atoms with E-state index in [-0.39, 0.29) is 37.7 Å². The van der Waals surface area contributed by atoms with Crippen LogP contribution in [0.5, 0.6) is 0 Å². The Balaban J connectivity index is 1.08. The summed E-state index contributed by atoms with van der Waals surface area (Å²) in [7, 11) is 0. The molecule has 0 spiro atoms. The van der Waals surface area contributed by atoms with Gasteiger partial charge in [-0.3, -0.25) is 9.59 Å². The van der Waals surface area contributed by atoms with Crippen LogP contribution in [0.4, 0.5) is 0 Å². The highest BCUT2D eigenvalue weighted by Crippen LogP contribution is 2.74. The summed E-state index contributed by atoms with van der Waals surface area (Å²) in [4.78, 5) is 38.3. The number of allylic oxidation sites excluding steroid dienone is 1. The second-order valence-corrected chi connectivity index (χ2v) is 23.6. The summed E-state index contributed by atoms with van der Waals surface area (Å²) in [6.45, 7) is 11.6. The molecule has 3 saturated heterocycles. The molecular formula is C49H76O22. The fourth-order valence-electron chi connectivity index (χ4n) is 15.4. The molecule has 22 nitrogen and oxygen atoms in total. The first-order valence-corrected chi connectivity index (χ1v) is 25.0. The number of aliphatic hydroxyl groups excluding tert-OH is 9. The van der Waals surface area contributed by atoms with Crippen LogP contribution < -0.4 is 0 Å². The highest BCUT2D eigenvalue weighted by molar-refractivity contribution is 5.77. The fourth-order valence-corrected chi connectivity index (χ4v) is 15.4. The Morgan fingerprint density at radius 3 is 1.97 bits per heavy atom. The second-order valence-electron chi connectivity index (χ2n) is 23.6. The number of carbonyl (C=O) groups is 3. The van der Waals surface area contributed by atoms with E-state index in [1.807, 2.05) is 26.8 Å². The van der Waals surface area contributed by atoms with E-state index in [1.54, 1.807) is 6.92 Å². The maximum Gasteiger partial charge on any atom is 0.335 e. The number of fused-ring (bicyclic) bond motifs is 7. The van der Waals surface area contributed by atoms with Crippen molar-refractivity contribution >= 4 is 17.9 Å². The molecule has 3 aliphatic heterocycles. The molecule has 0 amide bonds. The lowest BCUT2D eigenvalue weighted by Gasteiger charge is -2.71. The third-order valence-corrected chi connectivity index (χ3v) is 19.3. The SMILES string of the molecule is CC(=O)O[C@H]1C[C@]2(C(=O)O)C[C@H](C)[C@@]3(O)C(=CC[C@@H]4[C@@]5(C)CCC(O[C@@H]6O[C@H](C(=O)O)[C@@H](O)[C@H](O)[C@H]6O[C@@H]6O[C@H](CO)[C@@H](O)[C@H](O)[C@H]6O[C@@H]6OC[C@@H](O)[C@H](O)[C@H]6O)C(C)(C)[C@@H]5CC[C@]43C)[C@@H]2C[C@@]1(C)CO. The van der Waals surface area contributed by atoms with Gasteiger partial charge < -0.3 is 94.4 Å². The van der Waals surface area contributed by atoms with Crippen molar-refractivity contribution in [2.45, 2.75) is 204 Å². The zero-order valence-electron chi connectivity index (χ0n) is 41.4. The quantitative estimate of drug-likeness (QED) is 0.0665. The molecular weight excluding hydrogens is 941 g/mol.